The van der Waals surface area contributed by atoms with Gasteiger partial charge in [0.1, 0.15) is 11.9 Å². The first-order chi connectivity index (χ1) is 17.6. The predicted octanol–water partition coefficient (Wildman–Crippen LogP) is 4.55. The summed E-state index contributed by atoms with van der Waals surface area (Å²) < 4.78 is 40.7. The van der Waals surface area contributed by atoms with Crippen molar-refractivity contribution in [1.82, 2.24) is 10.2 Å². The number of aryl methyl sites for hydroxylation is 1. The number of benzene rings is 2. The van der Waals surface area contributed by atoms with E-state index in [0.717, 1.165) is 43.9 Å². The molecule has 3 rings (SSSR count). The first-order valence-corrected chi connectivity index (χ1v) is 14.8. The summed E-state index contributed by atoms with van der Waals surface area (Å²) in [6.45, 7) is 3.57. The molecule has 9 heteroatoms. The summed E-state index contributed by atoms with van der Waals surface area (Å²) in [6, 6.07) is 12.7. The van der Waals surface area contributed by atoms with Crippen molar-refractivity contribution in [1.29, 1.82) is 0 Å². The van der Waals surface area contributed by atoms with Crippen molar-refractivity contribution in [3.8, 4) is 0 Å². The van der Waals surface area contributed by atoms with Crippen molar-refractivity contribution in [2.45, 2.75) is 77.4 Å². The van der Waals surface area contributed by atoms with Crippen LogP contribution in [0.3, 0.4) is 0 Å². The molecule has 2 aromatic carbocycles. The number of sulfonamides is 1. The van der Waals surface area contributed by atoms with Crippen molar-refractivity contribution >= 4 is 27.5 Å². The van der Waals surface area contributed by atoms with Gasteiger partial charge >= 0.3 is 0 Å². The van der Waals surface area contributed by atoms with E-state index in [0.29, 0.717) is 11.3 Å². The van der Waals surface area contributed by atoms with E-state index in [9.17, 15) is 22.4 Å². The van der Waals surface area contributed by atoms with Gasteiger partial charge in [0.15, 0.2) is 0 Å². The molecule has 0 heterocycles. The summed E-state index contributed by atoms with van der Waals surface area (Å²) in [5, 5.41) is 3.06. The van der Waals surface area contributed by atoms with Gasteiger partial charge in [-0.3, -0.25) is 13.9 Å². The molecule has 2 amide bonds. The molecule has 1 aliphatic rings. The Balaban J connectivity index is 1.73. The van der Waals surface area contributed by atoms with Crippen molar-refractivity contribution in [3.05, 3.63) is 65.5 Å². The average Bonchev–Trinajstić information content (AvgIpc) is 2.86. The first-order valence-electron chi connectivity index (χ1n) is 12.9. The Kier molecular flexibility index (Phi) is 10.1. The van der Waals surface area contributed by atoms with E-state index < -0.39 is 21.9 Å². The maximum absolute atomic E-state index is 14.5. The molecule has 2 aromatic rings. The van der Waals surface area contributed by atoms with Crippen LogP contribution in [0.5, 0.6) is 0 Å². The number of hydrogen-bond donors (Lipinski definition) is 1. The molecule has 0 aromatic heterocycles. The van der Waals surface area contributed by atoms with Crippen LogP contribution in [0.4, 0.5) is 10.1 Å². The zero-order valence-corrected chi connectivity index (χ0v) is 22.8. The number of nitrogens with zero attached hydrogens (tertiary/aromatic N) is 2. The van der Waals surface area contributed by atoms with Gasteiger partial charge in [-0.1, -0.05) is 55.7 Å². The van der Waals surface area contributed by atoms with Crippen molar-refractivity contribution in [2.24, 2.45) is 0 Å². The Labute approximate surface area is 220 Å². The molecule has 1 fully saturated rings. The number of nitrogens with one attached hydrogen (secondary N) is 1. The second-order valence-corrected chi connectivity index (χ2v) is 11.8. The van der Waals surface area contributed by atoms with E-state index in [4.69, 9.17) is 0 Å². The Morgan fingerprint density at radius 2 is 1.70 bits per heavy atom. The molecule has 0 aliphatic heterocycles. The minimum absolute atomic E-state index is 0.0212. The van der Waals surface area contributed by atoms with E-state index in [1.165, 1.54) is 15.3 Å². The molecule has 37 heavy (non-hydrogen) atoms. The third-order valence-electron chi connectivity index (χ3n) is 6.95. The molecule has 202 valence electrons. The summed E-state index contributed by atoms with van der Waals surface area (Å²) in [4.78, 5) is 27.9. The van der Waals surface area contributed by atoms with Crippen LogP contribution in [-0.4, -0.2) is 50.0 Å². The molecule has 0 bridgehead atoms. The third-order valence-corrected chi connectivity index (χ3v) is 8.13. The summed E-state index contributed by atoms with van der Waals surface area (Å²) in [7, 11) is -3.56. The zero-order valence-electron chi connectivity index (χ0n) is 22.0. The number of para-hydroxylation sites is 1. The molecule has 0 saturated heterocycles. The van der Waals surface area contributed by atoms with Gasteiger partial charge in [0.05, 0.1) is 11.9 Å². The fourth-order valence-corrected chi connectivity index (χ4v) is 5.81. The second kappa shape index (κ2) is 13.0. The van der Waals surface area contributed by atoms with Gasteiger partial charge < -0.3 is 10.2 Å². The lowest BCUT2D eigenvalue weighted by molar-refractivity contribution is -0.141. The van der Waals surface area contributed by atoms with Crippen LogP contribution in [0.25, 0.3) is 0 Å². The molecular formula is C28H38FN3O4S. The SMILES string of the molecule is Cc1ccccc1N(CCCC(=O)N(Cc1ccccc1F)[C@@H](C)C(=O)NC1CCCCC1)S(C)(=O)=O. The average molecular weight is 532 g/mol. The summed E-state index contributed by atoms with van der Waals surface area (Å²) in [5.41, 5.74) is 1.71. The maximum atomic E-state index is 14.5. The first kappa shape index (κ1) is 28.6. The number of carbonyl (C=O) groups is 2. The number of halogens is 1. The Hall–Kier alpha value is -2.94. The zero-order chi connectivity index (χ0) is 27.0. The van der Waals surface area contributed by atoms with Gasteiger partial charge in [0, 0.05) is 31.1 Å². The third kappa shape index (κ3) is 8.02. The van der Waals surface area contributed by atoms with Crippen LogP contribution in [0.2, 0.25) is 0 Å². The molecule has 0 spiro atoms. The highest BCUT2D eigenvalue weighted by Gasteiger charge is 2.29. The lowest BCUT2D eigenvalue weighted by Crippen LogP contribution is -2.50. The second-order valence-electron chi connectivity index (χ2n) is 9.86. The van der Waals surface area contributed by atoms with Crippen molar-refractivity contribution in [2.75, 3.05) is 17.1 Å². The van der Waals surface area contributed by atoms with Crippen LogP contribution in [0.1, 0.15) is 63.0 Å². The van der Waals surface area contributed by atoms with Crippen LogP contribution < -0.4 is 9.62 Å². The Morgan fingerprint density at radius 1 is 1.05 bits per heavy atom. The number of hydrogen-bond acceptors (Lipinski definition) is 4. The minimum Gasteiger partial charge on any atom is -0.352 e. The standard InChI is InChI=1S/C28H38FN3O4S/c1-21-12-7-10-17-26(21)32(37(3,35)36)19-11-18-27(33)31(20-23-13-8-9-16-25(23)29)22(2)28(34)30-24-14-5-4-6-15-24/h7-10,12-13,16-17,22,24H,4-6,11,14-15,18-20H2,1-3H3,(H,30,34)/t22-/m0/s1. The summed E-state index contributed by atoms with van der Waals surface area (Å²) >= 11 is 0. The molecule has 1 atom stereocenters. The molecular weight excluding hydrogens is 493 g/mol. The summed E-state index contributed by atoms with van der Waals surface area (Å²) in [6.07, 6.45) is 6.54. The molecule has 1 aliphatic carbocycles. The summed E-state index contributed by atoms with van der Waals surface area (Å²) in [5.74, 6) is -1.02. The molecule has 0 unspecified atom stereocenters. The highest BCUT2D eigenvalue weighted by atomic mass is 32.2. The maximum Gasteiger partial charge on any atom is 0.242 e. The van der Waals surface area contributed by atoms with Gasteiger partial charge in [0.25, 0.3) is 0 Å². The van der Waals surface area contributed by atoms with Crippen molar-refractivity contribution < 1.29 is 22.4 Å². The normalized spacial score (nSPS) is 15.1. The number of anilines is 1. The van der Waals surface area contributed by atoms with E-state index in [1.807, 2.05) is 19.1 Å². The highest BCUT2D eigenvalue weighted by molar-refractivity contribution is 7.92. The number of rotatable bonds is 11. The fraction of sp³-hybridized carbons (Fsp3) is 0.500. The van der Waals surface area contributed by atoms with E-state index >= 15 is 0 Å². The lowest BCUT2D eigenvalue weighted by Gasteiger charge is -2.31. The quantitative estimate of drug-likeness (QED) is 0.461. The van der Waals surface area contributed by atoms with Gasteiger partial charge in [0.2, 0.25) is 21.8 Å². The monoisotopic (exact) mass is 531 g/mol. The molecule has 1 saturated carbocycles. The van der Waals surface area contributed by atoms with Gasteiger partial charge in [-0.05, 0) is 50.8 Å². The number of carbonyl (C=O) groups excluding carboxylic acids is 2. The molecule has 0 radical (unpaired) electrons. The minimum atomic E-state index is -3.56. The van der Waals surface area contributed by atoms with Gasteiger partial charge in [-0.25, -0.2) is 12.8 Å². The predicted molar refractivity (Wildman–Crippen MR) is 144 cm³/mol. The van der Waals surface area contributed by atoms with Crippen LogP contribution >= 0.6 is 0 Å². The van der Waals surface area contributed by atoms with E-state index in [1.54, 1.807) is 37.3 Å². The molecule has 7 nitrogen and oxygen atoms in total. The van der Waals surface area contributed by atoms with Gasteiger partial charge in [-0.2, -0.15) is 0 Å². The van der Waals surface area contributed by atoms with Crippen LogP contribution in [0, 0.1) is 12.7 Å². The smallest absolute Gasteiger partial charge is 0.242 e. The van der Waals surface area contributed by atoms with Gasteiger partial charge in [-0.15, -0.1) is 0 Å². The highest BCUT2D eigenvalue weighted by Crippen LogP contribution is 2.23. The number of amides is 2. The van der Waals surface area contributed by atoms with E-state index in [2.05, 4.69) is 5.32 Å². The lowest BCUT2D eigenvalue weighted by atomic mass is 9.95. The fourth-order valence-electron chi connectivity index (χ4n) is 4.79. The largest absolute Gasteiger partial charge is 0.352 e. The van der Waals surface area contributed by atoms with Crippen molar-refractivity contribution in [3.63, 3.8) is 0 Å². The van der Waals surface area contributed by atoms with Crippen LogP contribution in [-0.2, 0) is 26.2 Å². The Bertz CT molecular complexity index is 1180. The van der Waals surface area contributed by atoms with E-state index in [-0.39, 0.29) is 43.8 Å². The topological polar surface area (TPSA) is 86.8 Å². The molecule has 1 N–H and O–H groups in total. The van der Waals surface area contributed by atoms with Crippen LogP contribution in [0.15, 0.2) is 48.5 Å². The Morgan fingerprint density at radius 3 is 2.35 bits per heavy atom.